The minimum atomic E-state index is 0.357. The summed E-state index contributed by atoms with van der Waals surface area (Å²) in [7, 11) is 3.23. The molecule has 10 nitrogen and oxygen atoms in total. The van der Waals surface area contributed by atoms with Gasteiger partial charge < -0.3 is 29.6 Å². The molecular formula is C30H30N6O4. The van der Waals surface area contributed by atoms with Crippen molar-refractivity contribution >= 4 is 22.7 Å². The second kappa shape index (κ2) is 11.5. The number of hydrogen-bond donors (Lipinski definition) is 2. The molecule has 0 spiro atoms. The Morgan fingerprint density at radius 2 is 1.73 bits per heavy atom. The van der Waals surface area contributed by atoms with Crippen molar-refractivity contribution in [3.63, 3.8) is 0 Å². The molecule has 1 saturated heterocycles. The van der Waals surface area contributed by atoms with Gasteiger partial charge >= 0.3 is 6.01 Å². The summed E-state index contributed by atoms with van der Waals surface area (Å²) in [4.78, 5) is 13.9. The minimum Gasteiger partial charge on any atom is -0.493 e. The van der Waals surface area contributed by atoms with E-state index in [2.05, 4.69) is 15.6 Å². The molecule has 6 rings (SSSR count). The van der Waals surface area contributed by atoms with Gasteiger partial charge in [0.05, 0.1) is 25.3 Å². The van der Waals surface area contributed by atoms with Gasteiger partial charge in [-0.25, -0.2) is 9.55 Å². The van der Waals surface area contributed by atoms with Gasteiger partial charge in [0.15, 0.2) is 23.0 Å². The molecule has 0 amide bonds. The van der Waals surface area contributed by atoms with E-state index in [-0.39, 0.29) is 0 Å². The van der Waals surface area contributed by atoms with E-state index in [0.29, 0.717) is 53.4 Å². The second-order valence-corrected chi connectivity index (χ2v) is 9.30. The number of rotatable bonds is 10. The van der Waals surface area contributed by atoms with Crippen LogP contribution in [0.5, 0.6) is 29.0 Å². The molecule has 2 aromatic heterocycles. The van der Waals surface area contributed by atoms with Gasteiger partial charge in [-0.05, 0) is 55.8 Å². The van der Waals surface area contributed by atoms with Crippen molar-refractivity contribution in [3.8, 4) is 34.8 Å². The molecule has 0 unspecified atom stereocenters. The summed E-state index contributed by atoms with van der Waals surface area (Å²) in [5, 5.41) is 6.72. The quantitative estimate of drug-likeness (QED) is 0.238. The summed E-state index contributed by atoms with van der Waals surface area (Å²) < 4.78 is 25.2. The van der Waals surface area contributed by atoms with Crippen molar-refractivity contribution in [2.45, 2.75) is 18.9 Å². The molecule has 40 heavy (non-hydrogen) atoms. The van der Waals surface area contributed by atoms with E-state index in [9.17, 15) is 0 Å². The lowest BCUT2D eigenvalue weighted by Crippen LogP contribution is -2.28. The Balaban J connectivity index is 1.28. The summed E-state index contributed by atoms with van der Waals surface area (Å²) in [6, 6.07) is 23.4. The third-order valence-electron chi connectivity index (χ3n) is 6.69. The van der Waals surface area contributed by atoms with Crippen molar-refractivity contribution in [1.82, 2.24) is 24.8 Å². The first kappa shape index (κ1) is 25.4. The number of fused-ring (bicyclic) bond motifs is 1. The fourth-order valence-corrected chi connectivity index (χ4v) is 4.71. The van der Waals surface area contributed by atoms with Crippen LogP contribution in [0.15, 0.2) is 79.0 Å². The number of hydrogen-bond acceptors (Lipinski definition) is 9. The highest BCUT2D eigenvalue weighted by atomic mass is 16.5. The van der Waals surface area contributed by atoms with Gasteiger partial charge in [-0.3, -0.25) is 0 Å². The van der Waals surface area contributed by atoms with Crippen molar-refractivity contribution in [1.29, 1.82) is 0 Å². The van der Waals surface area contributed by atoms with Crippen molar-refractivity contribution in [2.24, 2.45) is 0 Å². The Morgan fingerprint density at radius 1 is 0.900 bits per heavy atom. The van der Waals surface area contributed by atoms with E-state index < -0.39 is 0 Å². The number of nitrogens with one attached hydrogen (secondary N) is 2. The van der Waals surface area contributed by atoms with Gasteiger partial charge in [0, 0.05) is 30.1 Å². The zero-order valence-corrected chi connectivity index (χ0v) is 22.3. The van der Waals surface area contributed by atoms with Gasteiger partial charge in [0.25, 0.3) is 0 Å². The Kier molecular flexibility index (Phi) is 7.32. The van der Waals surface area contributed by atoms with Crippen LogP contribution >= 0.6 is 0 Å². The maximum absolute atomic E-state index is 6.24. The number of para-hydroxylation sites is 4. The number of nitrogens with zero attached hydrogens (tertiary/aromatic N) is 4. The molecule has 1 fully saturated rings. The average Bonchev–Trinajstić information content (AvgIpc) is 3.64. The van der Waals surface area contributed by atoms with E-state index in [1.807, 2.05) is 77.4 Å². The lowest BCUT2D eigenvalue weighted by atomic mass is 10.2. The maximum Gasteiger partial charge on any atom is 0.309 e. The largest absolute Gasteiger partial charge is 0.493 e. The monoisotopic (exact) mass is 538 g/mol. The van der Waals surface area contributed by atoms with Crippen molar-refractivity contribution in [2.75, 3.05) is 32.7 Å². The highest BCUT2D eigenvalue weighted by Gasteiger charge is 2.19. The van der Waals surface area contributed by atoms with Gasteiger partial charge in [0.1, 0.15) is 12.4 Å². The Bertz CT molecular complexity index is 1620. The van der Waals surface area contributed by atoms with Crippen LogP contribution in [0.4, 0.5) is 11.6 Å². The number of imidazole rings is 1. The first-order valence-corrected chi connectivity index (χ1v) is 13.1. The molecule has 0 bridgehead atoms. The highest BCUT2D eigenvalue weighted by molar-refractivity contribution is 5.79. The van der Waals surface area contributed by atoms with E-state index in [1.54, 1.807) is 20.4 Å². The van der Waals surface area contributed by atoms with Crippen LogP contribution in [-0.4, -0.2) is 52.9 Å². The molecule has 3 aromatic carbocycles. The molecule has 204 valence electrons. The van der Waals surface area contributed by atoms with Crippen molar-refractivity contribution in [3.05, 3.63) is 79.0 Å². The Morgan fingerprint density at radius 3 is 2.55 bits per heavy atom. The lowest BCUT2D eigenvalue weighted by Gasteiger charge is -2.16. The molecule has 1 aliphatic rings. The molecule has 5 aromatic rings. The summed E-state index contributed by atoms with van der Waals surface area (Å²) in [6.45, 7) is 1.64. The molecule has 1 atom stereocenters. The summed E-state index contributed by atoms with van der Waals surface area (Å²) in [5.41, 5.74) is 2.38. The van der Waals surface area contributed by atoms with Gasteiger partial charge in [0.2, 0.25) is 5.95 Å². The third kappa shape index (κ3) is 5.34. The minimum absolute atomic E-state index is 0.357. The smallest absolute Gasteiger partial charge is 0.309 e. The van der Waals surface area contributed by atoms with Crippen LogP contribution in [0, 0.1) is 0 Å². The van der Waals surface area contributed by atoms with Crippen LogP contribution in [0.25, 0.3) is 16.9 Å². The maximum atomic E-state index is 6.24. The number of anilines is 2. The van der Waals surface area contributed by atoms with Crippen LogP contribution in [0.1, 0.15) is 12.8 Å². The normalized spacial score (nSPS) is 14.7. The zero-order chi connectivity index (χ0) is 27.3. The van der Waals surface area contributed by atoms with E-state index in [4.69, 9.17) is 28.9 Å². The zero-order valence-electron chi connectivity index (χ0n) is 22.3. The number of ether oxygens (including phenoxy) is 4. The number of methoxy groups -OCH3 is 2. The van der Waals surface area contributed by atoms with E-state index in [1.165, 1.54) is 6.42 Å². The standard InChI is InChI=1S/C30H30N6O4/c1-37-24-11-5-6-12-26(24)40-30-34-22-9-3-4-10-23(22)36(30)28-15-17-32-29(35-28)33-20-13-14-25(27(18-20)38-2)39-19-21-8-7-16-31-21/h3-6,9-15,17-18,21,31H,7-8,16,19H2,1-2H3,(H,32,33,35)/t21-/m1/s1. The summed E-state index contributed by atoms with van der Waals surface area (Å²) in [5.74, 6) is 3.47. The van der Waals surface area contributed by atoms with Gasteiger partial charge in [-0.1, -0.05) is 24.3 Å². The molecule has 0 radical (unpaired) electrons. The van der Waals surface area contributed by atoms with E-state index in [0.717, 1.165) is 29.7 Å². The molecule has 1 aliphatic heterocycles. The van der Waals surface area contributed by atoms with Crippen LogP contribution in [-0.2, 0) is 0 Å². The third-order valence-corrected chi connectivity index (χ3v) is 6.69. The van der Waals surface area contributed by atoms with Gasteiger partial charge in [-0.2, -0.15) is 9.97 Å². The fourth-order valence-electron chi connectivity index (χ4n) is 4.71. The molecular weight excluding hydrogens is 508 g/mol. The van der Waals surface area contributed by atoms with E-state index >= 15 is 0 Å². The lowest BCUT2D eigenvalue weighted by molar-refractivity contribution is 0.262. The Labute approximate surface area is 231 Å². The van der Waals surface area contributed by atoms with Crippen LogP contribution < -0.4 is 29.6 Å². The molecule has 10 heteroatoms. The molecule has 3 heterocycles. The summed E-state index contributed by atoms with van der Waals surface area (Å²) >= 11 is 0. The highest BCUT2D eigenvalue weighted by Crippen LogP contribution is 2.35. The average molecular weight is 539 g/mol. The number of benzene rings is 3. The molecule has 2 N–H and O–H groups in total. The fraction of sp³-hybridized carbons (Fsp3) is 0.233. The molecule has 0 aliphatic carbocycles. The molecule has 0 saturated carbocycles. The van der Waals surface area contributed by atoms with Gasteiger partial charge in [-0.15, -0.1) is 0 Å². The number of aromatic nitrogens is 4. The first-order chi connectivity index (χ1) is 19.7. The van der Waals surface area contributed by atoms with Crippen LogP contribution in [0.3, 0.4) is 0 Å². The van der Waals surface area contributed by atoms with Crippen LogP contribution in [0.2, 0.25) is 0 Å². The van der Waals surface area contributed by atoms with Crippen molar-refractivity contribution < 1.29 is 18.9 Å². The first-order valence-electron chi connectivity index (χ1n) is 13.1. The predicted octanol–water partition coefficient (Wildman–Crippen LogP) is 5.50. The predicted molar refractivity (Wildman–Crippen MR) is 153 cm³/mol. The summed E-state index contributed by atoms with van der Waals surface area (Å²) in [6.07, 6.45) is 3.99. The SMILES string of the molecule is COc1cc(Nc2nccc(-n3c(Oc4ccccc4OC)nc4ccccc43)n2)ccc1OC[C@H]1CCCN1. The Hall–Kier alpha value is -4.83. The topological polar surface area (TPSA) is 105 Å². The second-order valence-electron chi connectivity index (χ2n) is 9.30.